The SMILES string of the molecule is CCc1cc(-c2ccc(NS(=O)(=O)CCC(F)(F)F)c(F)c2)cc2cnc(N[C@H]3CC[C@H](N(C)C)CC3)nc12. The summed E-state index contributed by atoms with van der Waals surface area (Å²) < 4.78 is 77.9. The quantitative estimate of drug-likeness (QED) is 0.310. The molecule has 0 saturated heterocycles. The van der Waals surface area contributed by atoms with E-state index < -0.39 is 39.9 Å². The fraction of sp³-hybridized carbons (Fsp3) is 0.481. The summed E-state index contributed by atoms with van der Waals surface area (Å²) in [6.07, 6.45) is 0.588. The van der Waals surface area contributed by atoms with Crippen molar-refractivity contribution in [1.29, 1.82) is 0 Å². The molecule has 0 aliphatic heterocycles. The molecule has 0 amide bonds. The number of nitrogens with one attached hydrogen (secondary N) is 2. The third-order valence-corrected chi connectivity index (χ3v) is 8.40. The molecule has 1 heterocycles. The summed E-state index contributed by atoms with van der Waals surface area (Å²) in [6.45, 7) is 2.00. The lowest BCUT2D eigenvalue weighted by Gasteiger charge is -2.32. The van der Waals surface area contributed by atoms with Gasteiger partial charge in [0.05, 0.1) is 23.4 Å². The van der Waals surface area contributed by atoms with E-state index in [2.05, 4.69) is 29.3 Å². The van der Waals surface area contributed by atoms with E-state index in [1.54, 1.807) is 6.20 Å². The standard InChI is InChI=1S/C27H33F4N5O2S/c1-4-17-13-19(18-5-10-24(23(28)15-18)35-39(37,38)12-11-27(29,30)31)14-20-16-32-26(34-25(17)20)33-21-6-8-22(9-7-21)36(2)3/h5,10,13-16,21-22,35H,4,6-9,11-12H2,1-3H3,(H,32,33,34)/t21-,22-. The van der Waals surface area contributed by atoms with E-state index in [-0.39, 0.29) is 0 Å². The van der Waals surface area contributed by atoms with E-state index in [0.717, 1.165) is 48.2 Å². The molecule has 1 aliphatic carbocycles. The molecule has 1 saturated carbocycles. The molecular weight excluding hydrogens is 534 g/mol. The number of benzene rings is 2. The predicted molar refractivity (Wildman–Crippen MR) is 146 cm³/mol. The van der Waals surface area contributed by atoms with Crippen molar-refractivity contribution < 1.29 is 26.0 Å². The third-order valence-electron chi connectivity index (χ3n) is 7.13. The largest absolute Gasteiger partial charge is 0.390 e. The number of aromatic nitrogens is 2. The van der Waals surface area contributed by atoms with Crippen LogP contribution in [0.1, 0.15) is 44.6 Å². The first kappa shape index (κ1) is 29.0. The molecule has 0 spiro atoms. The molecule has 39 heavy (non-hydrogen) atoms. The number of hydrogen-bond donors (Lipinski definition) is 2. The zero-order valence-corrected chi connectivity index (χ0v) is 23.0. The minimum Gasteiger partial charge on any atom is -0.351 e. The Morgan fingerprint density at radius 2 is 1.77 bits per heavy atom. The van der Waals surface area contributed by atoms with Crippen molar-refractivity contribution >= 4 is 32.6 Å². The van der Waals surface area contributed by atoms with Crippen LogP contribution in [0.4, 0.5) is 29.2 Å². The zero-order chi connectivity index (χ0) is 28.4. The number of anilines is 2. The van der Waals surface area contributed by atoms with Crippen molar-refractivity contribution in [2.45, 2.75) is 63.7 Å². The Bertz CT molecular complexity index is 1420. The van der Waals surface area contributed by atoms with Crippen molar-refractivity contribution in [3.8, 4) is 11.1 Å². The Balaban J connectivity index is 1.52. The molecule has 0 unspecified atom stereocenters. The van der Waals surface area contributed by atoms with Crippen molar-refractivity contribution in [1.82, 2.24) is 14.9 Å². The minimum atomic E-state index is -4.63. The highest BCUT2D eigenvalue weighted by molar-refractivity contribution is 7.92. The summed E-state index contributed by atoms with van der Waals surface area (Å²) in [5.41, 5.74) is 2.52. The van der Waals surface area contributed by atoms with Crippen LogP contribution in [0.5, 0.6) is 0 Å². The maximum Gasteiger partial charge on any atom is 0.390 e. The van der Waals surface area contributed by atoms with Crippen LogP contribution in [0, 0.1) is 5.82 Å². The van der Waals surface area contributed by atoms with Gasteiger partial charge in [-0.2, -0.15) is 13.2 Å². The Morgan fingerprint density at radius 3 is 2.38 bits per heavy atom. The summed E-state index contributed by atoms with van der Waals surface area (Å²) >= 11 is 0. The average Bonchev–Trinajstić information content (AvgIpc) is 2.88. The molecule has 1 fully saturated rings. The smallest absolute Gasteiger partial charge is 0.351 e. The summed E-state index contributed by atoms with van der Waals surface area (Å²) in [4.78, 5) is 11.5. The second kappa shape index (κ2) is 11.6. The molecule has 212 valence electrons. The molecule has 2 aromatic carbocycles. The monoisotopic (exact) mass is 567 g/mol. The Morgan fingerprint density at radius 1 is 1.05 bits per heavy atom. The van der Waals surface area contributed by atoms with Gasteiger partial charge in [0, 0.05) is 23.7 Å². The molecule has 4 rings (SSSR count). The van der Waals surface area contributed by atoms with Crippen LogP contribution in [0.3, 0.4) is 0 Å². The molecule has 1 aromatic heterocycles. The second-order valence-electron chi connectivity index (χ2n) is 10.2. The highest BCUT2D eigenvalue weighted by Crippen LogP contribution is 2.31. The molecule has 1 aliphatic rings. The normalized spacial score (nSPS) is 18.5. The van der Waals surface area contributed by atoms with Crippen LogP contribution in [-0.2, 0) is 16.4 Å². The van der Waals surface area contributed by atoms with Gasteiger partial charge in [-0.1, -0.05) is 13.0 Å². The molecule has 0 bridgehead atoms. The van der Waals surface area contributed by atoms with Gasteiger partial charge in [-0.15, -0.1) is 0 Å². The van der Waals surface area contributed by atoms with Crippen molar-refractivity contribution in [3.63, 3.8) is 0 Å². The van der Waals surface area contributed by atoms with E-state index in [1.165, 1.54) is 12.1 Å². The number of nitrogens with zero attached hydrogens (tertiary/aromatic N) is 3. The van der Waals surface area contributed by atoms with E-state index in [4.69, 9.17) is 4.98 Å². The van der Waals surface area contributed by atoms with Crippen LogP contribution in [-0.4, -0.2) is 61.4 Å². The number of hydrogen-bond acceptors (Lipinski definition) is 6. The van der Waals surface area contributed by atoms with Crippen LogP contribution < -0.4 is 10.0 Å². The maximum atomic E-state index is 14.8. The molecule has 12 heteroatoms. The molecule has 0 radical (unpaired) electrons. The summed E-state index contributed by atoms with van der Waals surface area (Å²) in [7, 11) is -0.145. The number of aryl methyl sites for hydroxylation is 1. The lowest BCUT2D eigenvalue weighted by molar-refractivity contribution is -0.129. The van der Waals surface area contributed by atoms with Gasteiger partial charge in [0.15, 0.2) is 0 Å². The predicted octanol–water partition coefficient (Wildman–Crippen LogP) is 5.98. The van der Waals surface area contributed by atoms with E-state index in [9.17, 15) is 26.0 Å². The first-order valence-electron chi connectivity index (χ1n) is 12.9. The summed E-state index contributed by atoms with van der Waals surface area (Å²) in [6, 6.07) is 8.54. The van der Waals surface area contributed by atoms with Gasteiger partial charge in [0.25, 0.3) is 0 Å². The average molecular weight is 568 g/mol. The molecule has 7 nitrogen and oxygen atoms in total. The highest BCUT2D eigenvalue weighted by atomic mass is 32.2. The summed E-state index contributed by atoms with van der Waals surface area (Å²) in [5, 5.41) is 4.25. The maximum absolute atomic E-state index is 14.8. The van der Waals surface area contributed by atoms with Crippen molar-refractivity contribution in [3.05, 3.63) is 47.9 Å². The van der Waals surface area contributed by atoms with E-state index >= 15 is 0 Å². The molecule has 2 N–H and O–H groups in total. The molecule has 0 atom stereocenters. The number of rotatable bonds is 9. The second-order valence-corrected chi connectivity index (χ2v) is 12.1. The summed E-state index contributed by atoms with van der Waals surface area (Å²) in [5.74, 6) is -1.50. The number of alkyl halides is 3. The Kier molecular flexibility index (Phi) is 8.65. The first-order valence-corrected chi connectivity index (χ1v) is 14.6. The van der Waals surface area contributed by atoms with Gasteiger partial charge in [0.2, 0.25) is 16.0 Å². The lowest BCUT2D eigenvalue weighted by atomic mass is 9.90. The van der Waals surface area contributed by atoms with Crippen LogP contribution in [0.25, 0.3) is 22.0 Å². The van der Waals surface area contributed by atoms with Gasteiger partial charge in [-0.3, -0.25) is 4.72 Å². The van der Waals surface area contributed by atoms with Crippen LogP contribution >= 0.6 is 0 Å². The Labute approximate surface area is 226 Å². The fourth-order valence-corrected chi connectivity index (χ4v) is 5.99. The van der Waals surface area contributed by atoms with E-state index in [0.29, 0.717) is 35.6 Å². The van der Waals surface area contributed by atoms with Gasteiger partial charge < -0.3 is 10.2 Å². The van der Waals surface area contributed by atoms with Crippen LogP contribution in [0.15, 0.2) is 36.5 Å². The van der Waals surface area contributed by atoms with Gasteiger partial charge in [-0.05, 0) is 87.2 Å². The first-order chi connectivity index (χ1) is 18.3. The van der Waals surface area contributed by atoms with Crippen LogP contribution in [0.2, 0.25) is 0 Å². The number of sulfonamides is 1. The Hall–Kier alpha value is -2.99. The minimum absolute atomic E-state index is 0.315. The van der Waals surface area contributed by atoms with Gasteiger partial charge in [0.1, 0.15) is 5.82 Å². The topological polar surface area (TPSA) is 87.2 Å². The van der Waals surface area contributed by atoms with Gasteiger partial charge in [-0.25, -0.2) is 22.8 Å². The molecule has 3 aromatic rings. The molecular formula is C27H33F4N5O2S. The van der Waals surface area contributed by atoms with Crippen molar-refractivity contribution in [2.24, 2.45) is 0 Å². The lowest BCUT2D eigenvalue weighted by Crippen LogP contribution is -2.36. The highest BCUT2D eigenvalue weighted by Gasteiger charge is 2.30. The van der Waals surface area contributed by atoms with Crippen molar-refractivity contribution in [2.75, 3.05) is 29.9 Å². The third kappa shape index (κ3) is 7.57. The zero-order valence-electron chi connectivity index (χ0n) is 22.1. The fourth-order valence-electron chi connectivity index (χ4n) is 4.89. The van der Waals surface area contributed by atoms with Gasteiger partial charge >= 0.3 is 6.18 Å². The number of halogens is 4. The van der Waals surface area contributed by atoms with E-state index in [1.807, 2.05) is 23.8 Å². The number of fused-ring (bicyclic) bond motifs is 1.